The minimum atomic E-state index is -1.04. The molecular weight excluding hydrogens is 410 g/mol. The largest absolute Gasteiger partial charge is 0.458 e. The van der Waals surface area contributed by atoms with Gasteiger partial charge in [-0.25, -0.2) is 4.79 Å². The van der Waals surface area contributed by atoms with Crippen molar-refractivity contribution < 1.29 is 30.0 Å². The summed E-state index contributed by atoms with van der Waals surface area (Å²) in [4.78, 5) is 16.2. The smallest absolute Gasteiger partial charge is 0.331 e. The molecule has 5 aliphatic rings. The molecule has 0 bridgehead atoms. The van der Waals surface area contributed by atoms with Crippen LogP contribution in [0.25, 0.3) is 0 Å². The van der Waals surface area contributed by atoms with Gasteiger partial charge in [-0.3, -0.25) is 4.99 Å². The molecular formula is C25H37NO6. The maximum atomic E-state index is 12.3. The Kier molecular flexibility index (Phi) is 5.36. The van der Waals surface area contributed by atoms with Crippen LogP contribution in [0.2, 0.25) is 0 Å². The second-order valence-corrected chi connectivity index (χ2v) is 11.3. The lowest BCUT2D eigenvalue weighted by Gasteiger charge is -2.65. The molecule has 0 saturated heterocycles. The molecule has 32 heavy (non-hydrogen) atoms. The fraction of sp³-hybridized carbons (Fsp3) is 0.840. The fourth-order valence-electron chi connectivity index (χ4n) is 8.65. The summed E-state index contributed by atoms with van der Waals surface area (Å²) in [5.41, 5.74) is -1.82. The van der Waals surface area contributed by atoms with Crippen molar-refractivity contribution in [3.8, 4) is 0 Å². The van der Waals surface area contributed by atoms with E-state index in [1.165, 1.54) is 0 Å². The zero-order valence-corrected chi connectivity index (χ0v) is 19.0. The van der Waals surface area contributed by atoms with E-state index in [9.17, 15) is 25.2 Å². The number of hydrogen-bond donors (Lipinski definition) is 4. The van der Waals surface area contributed by atoms with Crippen LogP contribution < -0.4 is 0 Å². The van der Waals surface area contributed by atoms with Crippen LogP contribution in [0.15, 0.2) is 16.6 Å². The topological polar surface area (TPSA) is 120 Å². The molecule has 0 radical (unpaired) electrons. The van der Waals surface area contributed by atoms with Gasteiger partial charge in [0.2, 0.25) is 0 Å². The third-order valence-electron chi connectivity index (χ3n) is 10.2. The molecule has 7 nitrogen and oxygen atoms in total. The standard InChI is InChI=1S/C25H37NO6/c1-22-6-3-19-20(25(22,31)9-5-18(22)16-12-21(29)32-14-16)4-8-24(30)13-17(28)2-7-23(19,24)15-26-10-11-27/h12,15,17-20,27-28,30-31H,2-11,13-14H2,1H3/b26-15+/t17-,18?,19+,20-,22?,23?,24?,25?/m1/s1. The Balaban J connectivity index is 1.52. The van der Waals surface area contributed by atoms with Gasteiger partial charge in [-0.1, -0.05) is 6.92 Å². The fourth-order valence-corrected chi connectivity index (χ4v) is 8.65. The predicted molar refractivity (Wildman–Crippen MR) is 118 cm³/mol. The molecule has 4 N–H and O–H groups in total. The van der Waals surface area contributed by atoms with Crippen molar-refractivity contribution >= 4 is 12.2 Å². The molecule has 0 amide bonds. The number of rotatable bonds is 4. The third kappa shape index (κ3) is 2.93. The molecule has 0 aromatic rings. The van der Waals surface area contributed by atoms with Crippen LogP contribution in [0.1, 0.15) is 64.7 Å². The van der Waals surface area contributed by atoms with E-state index >= 15 is 0 Å². The lowest BCUT2D eigenvalue weighted by molar-refractivity contribution is -0.237. The van der Waals surface area contributed by atoms with Gasteiger partial charge in [-0.2, -0.15) is 0 Å². The second kappa shape index (κ2) is 7.62. The average Bonchev–Trinajstić information content (AvgIpc) is 3.28. The monoisotopic (exact) mass is 447 g/mol. The van der Waals surface area contributed by atoms with E-state index < -0.39 is 22.7 Å². The number of cyclic esters (lactones) is 1. The highest BCUT2D eigenvalue weighted by Crippen LogP contribution is 2.70. The number of aliphatic hydroxyl groups excluding tert-OH is 2. The van der Waals surface area contributed by atoms with E-state index in [0.717, 1.165) is 31.3 Å². The van der Waals surface area contributed by atoms with Crippen LogP contribution in [-0.4, -0.2) is 69.7 Å². The van der Waals surface area contributed by atoms with Crippen molar-refractivity contribution in [1.29, 1.82) is 0 Å². The Morgan fingerprint density at radius 2 is 1.91 bits per heavy atom. The van der Waals surface area contributed by atoms with Crippen molar-refractivity contribution in [2.45, 2.75) is 82.0 Å². The first-order chi connectivity index (χ1) is 15.2. The first kappa shape index (κ1) is 22.5. The second-order valence-electron chi connectivity index (χ2n) is 11.3. The molecule has 5 unspecified atom stereocenters. The Labute approximate surface area is 189 Å². The Bertz CT molecular complexity index is 842. The Morgan fingerprint density at radius 3 is 2.62 bits per heavy atom. The normalized spacial score (nSPS) is 50.5. The van der Waals surface area contributed by atoms with Gasteiger partial charge in [-0.05, 0) is 74.7 Å². The van der Waals surface area contributed by atoms with Crippen LogP contribution in [0, 0.1) is 28.6 Å². The van der Waals surface area contributed by atoms with Crippen molar-refractivity contribution in [2.24, 2.45) is 33.6 Å². The summed E-state index contributed by atoms with van der Waals surface area (Å²) in [7, 11) is 0. The van der Waals surface area contributed by atoms with E-state index in [1.807, 2.05) is 6.21 Å². The molecule has 0 aromatic heterocycles. The average molecular weight is 448 g/mol. The van der Waals surface area contributed by atoms with Crippen LogP contribution in [0.4, 0.5) is 0 Å². The van der Waals surface area contributed by atoms with Crippen molar-refractivity contribution in [2.75, 3.05) is 19.8 Å². The summed E-state index contributed by atoms with van der Waals surface area (Å²) in [6, 6.07) is 0. The number of ether oxygens (including phenoxy) is 1. The van der Waals surface area contributed by atoms with Gasteiger partial charge in [0.15, 0.2) is 0 Å². The molecule has 0 aromatic carbocycles. The van der Waals surface area contributed by atoms with E-state index in [-0.39, 0.29) is 35.7 Å². The molecule has 8 atom stereocenters. The van der Waals surface area contributed by atoms with E-state index in [2.05, 4.69) is 11.9 Å². The van der Waals surface area contributed by atoms with Gasteiger partial charge < -0.3 is 25.2 Å². The maximum Gasteiger partial charge on any atom is 0.331 e. The Morgan fingerprint density at radius 1 is 1.12 bits per heavy atom. The van der Waals surface area contributed by atoms with E-state index in [4.69, 9.17) is 4.74 Å². The van der Waals surface area contributed by atoms with Crippen LogP contribution >= 0.6 is 0 Å². The molecule has 1 aliphatic heterocycles. The lowest BCUT2D eigenvalue weighted by Crippen LogP contribution is -2.68. The number of nitrogens with zero attached hydrogens (tertiary/aromatic N) is 1. The SMILES string of the molecule is CC12CC[C@H]3[C@@H](CCC4(O)C[C@H](O)CCC34/C=N/CCO)C1(O)CCC2C1=CC(=O)OC1. The number of carbonyl (C=O) groups is 1. The van der Waals surface area contributed by atoms with Gasteiger partial charge >= 0.3 is 5.97 Å². The maximum absolute atomic E-state index is 12.3. The number of hydrogen-bond acceptors (Lipinski definition) is 7. The molecule has 1 heterocycles. The van der Waals surface area contributed by atoms with Crippen LogP contribution in [-0.2, 0) is 9.53 Å². The highest BCUT2D eigenvalue weighted by molar-refractivity contribution is 5.85. The molecule has 4 aliphatic carbocycles. The van der Waals surface area contributed by atoms with Crippen LogP contribution in [0.5, 0.6) is 0 Å². The summed E-state index contributed by atoms with van der Waals surface area (Å²) < 4.78 is 5.20. The molecule has 5 rings (SSSR count). The lowest BCUT2D eigenvalue weighted by atomic mass is 9.41. The summed E-state index contributed by atoms with van der Waals surface area (Å²) >= 11 is 0. The highest BCUT2D eigenvalue weighted by Gasteiger charge is 2.71. The van der Waals surface area contributed by atoms with E-state index in [1.54, 1.807) is 6.08 Å². The first-order valence-electron chi connectivity index (χ1n) is 12.3. The number of esters is 1. The molecule has 4 fully saturated rings. The van der Waals surface area contributed by atoms with E-state index in [0.29, 0.717) is 45.3 Å². The zero-order valence-electron chi connectivity index (χ0n) is 19.0. The van der Waals surface area contributed by atoms with Gasteiger partial charge in [0, 0.05) is 29.5 Å². The van der Waals surface area contributed by atoms with Crippen molar-refractivity contribution in [3.05, 3.63) is 11.6 Å². The highest BCUT2D eigenvalue weighted by atomic mass is 16.5. The zero-order chi connectivity index (χ0) is 22.8. The van der Waals surface area contributed by atoms with Crippen molar-refractivity contribution in [1.82, 2.24) is 0 Å². The van der Waals surface area contributed by atoms with Gasteiger partial charge in [0.1, 0.15) is 6.61 Å². The summed E-state index contributed by atoms with van der Waals surface area (Å²) in [6.07, 6.45) is 9.04. The molecule has 0 spiro atoms. The summed E-state index contributed by atoms with van der Waals surface area (Å²) in [6.45, 7) is 2.77. The third-order valence-corrected chi connectivity index (χ3v) is 10.2. The van der Waals surface area contributed by atoms with Crippen molar-refractivity contribution in [3.63, 3.8) is 0 Å². The predicted octanol–water partition coefficient (Wildman–Crippen LogP) is 1.76. The number of carbonyl (C=O) groups excluding carboxylic acids is 1. The quantitative estimate of drug-likeness (QED) is 0.385. The Hall–Kier alpha value is -1.28. The summed E-state index contributed by atoms with van der Waals surface area (Å²) in [5.74, 6) is -0.0485. The first-order valence-corrected chi connectivity index (χ1v) is 12.3. The molecule has 4 saturated carbocycles. The number of fused-ring (bicyclic) bond motifs is 5. The minimum Gasteiger partial charge on any atom is -0.458 e. The van der Waals surface area contributed by atoms with Crippen LogP contribution in [0.3, 0.4) is 0 Å². The number of aliphatic hydroxyl groups is 4. The summed E-state index contributed by atoms with van der Waals surface area (Å²) in [5, 5.41) is 43.8. The minimum absolute atomic E-state index is 0.0287. The van der Waals surface area contributed by atoms with Gasteiger partial charge in [0.05, 0.1) is 30.5 Å². The molecule has 7 heteroatoms. The van der Waals surface area contributed by atoms with Gasteiger partial charge in [-0.15, -0.1) is 0 Å². The molecule has 178 valence electrons. The van der Waals surface area contributed by atoms with Gasteiger partial charge in [0.25, 0.3) is 0 Å². The number of aliphatic imine (C=N–C) groups is 1.